The number of hydrogen-bond donors (Lipinski definition) is 2. The fourth-order valence-corrected chi connectivity index (χ4v) is 3.10. The molecule has 0 bridgehead atoms. The van der Waals surface area contributed by atoms with Crippen molar-refractivity contribution in [2.75, 3.05) is 35.8 Å². The van der Waals surface area contributed by atoms with Crippen LogP contribution in [0.2, 0.25) is 0 Å². The molecule has 4 nitrogen and oxygen atoms in total. The Morgan fingerprint density at radius 3 is 2.38 bits per heavy atom. The molecule has 0 aliphatic rings. The van der Waals surface area contributed by atoms with Crippen molar-refractivity contribution in [2.45, 2.75) is 19.8 Å². The van der Waals surface area contributed by atoms with E-state index in [0.717, 1.165) is 37.2 Å². The smallest absolute Gasteiger partial charge is 0.0564 e. The zero-order valence-corrected chi connectivity index (χ0v) is 17.3. The third-order valence-electron chi connectivity index (χ3n) is 4.78. The number of hydrazone groups is 1. The van der Waals surface area contributed by atoms with Crippen LogP contribution in [-0.4, -0.2) is 26.4 Å². The minimum atomic E-state index is 0.999. The first kappa shape index (κ1) is 20.5. The fourth-order valence-electron chi connectivity index (χ4n) is 3.10. The van der Waals surface area contributed by atoms with E-state index in [4.69, 9.17) is 0 Å². The summed E-state index contributed by atoms with van der Waals surface area (Å²) in [5.41, 5.74) is 8.79. The summed E-state index contributed by atoms with van der Waals surface area (Å²) in [5.74, 6) is 0. The maximum Gasteiger partial charge on any atom is 0.0564 e. The molecule has 0 unspecified atom stereocenters. The molecule has 0 saturated carbocycles. The van der Waals surface area contributed by atoms with E-state index in [1.165, 1.54) is 16.9 Å². The molecular weight excluding hydrogens is 356 g/mol. The van der Waals surface area contributed by atoms with Crippen molar-refractivity contribution in [3.8, 4) is 0 Å². The molecule has 0 atom stereocenters. The van der Waals surface area contributed by atoms with Crippen LogP contribution in [0, 0.1) is 6.92 Å². The molecule has 0 fully saturated rings. The van der Waals surface area contributed by atoms with E-state index in [-0.39, 0.29) is 0 Å². The number of rotatable bonds is 10. The number of benzene rings is 3. The zero-order valence-electron chi connectivity index (χ0n) is 17.3. The third kappa shape index (κ3) is 7.00. The van der Waals surface area contributed by atoms with Gasteiger partial charge in [-0.15, -0.1) is 0 Å². The Morgan fingerprint density at radius 1 is 0.862 bits per heavy atom. The Morgan fingerprint density at radius 2 is 1.62 bits per heavy atom. The Bertz CT molecular complexity index is 888. The van der Waals surface area contributed by atoms with Crippen LogP contribution >= 0.6 is 0 Å². The van der Waals surface area contributed by atoms with E-state index >= 15 is 0 Å². The molecule has 0 saturated heterocycles. The fraction of sp³-hybridized carbons (Fsp3) is 0.240. The number of unbranched alkanes of at least 4 members (excludes halogenated alkanes) is 1. The van der Waals surface area contributed by atoms with Crippen LogP contribution in [-0.2, 0) is 0 Å². The van der Waals surface area contributed by atoms with Crippen molar-refractivity contribution in [1.29, 1.82) is 0 Å². The largest absolute Gasteiger partial charge is 0.385 e. The van der Waals surface area contributed by atoms with Crippen LogP contribution in [0.3, 0.4) is 0 Å². The Labute approximate surface area is 174 Å². The standard InChI is InChI=1S/C25H30N4/c1-21-9-8-12-24(19-21)28-27-20-22-13-15-25(16-14-22)29(2)18-7-6-17-26-23-10-4-3-5-11-23/h3-5,8-16,19-20,26,28H,6-7,17-18H2,1-2H3/b27-20+. The number of anilines is 3. The van der Waals surface area contributed by atoms with E-state index in [1.54, 1.807) is 0 Å². The van der Waals surface area contributed by atoms with Crippen LogP contribution in [0.15, 0.2) is 84.0 Å². The summed E-state index contributed by atoms with van der Waals surface area (Å²) in [5, 5.41) is 7.79. The summed E-state index contributed by atoms with van der Waals surface area (Å²) in [4.78, 5) is 2.30. The predicted molar refractivity (Wildman–Crippen MR) is 126 cm³/mol. The molecule has 0 radical (unpaired) electrons. The highest BCUT2D eigenvalue weighted by atomic mass is 15.3. The highest BCUT2D eigenvalue weighted by Crippen LogP contribution is 2.14. The summed E-state index contributed by atoms with van der Waals surface area (Å²) in [6.45, 7) is 4.12. The Hall–Kier alpha value is -3.27. The lowest BCUT2D eigenvalue weighted by atomic mass is 10.2. The molecule has 0 aliphatic carbocycles. The molecule has 3 rings (SSSR count). The molecule has 0 aromatic heterocycles. The zero-order chi connectivity index (χ0) is 20.3. The minimum absolute atomic E-state index is 0.999. The predicted octanol–water partition coefficient (Wildman–Crippen LogP) is 5.77. The molecule has 29 heavy (non-hydrogen) atoms. The average molecular weight is 387 g/mol. The van der Waals surface area contributed by atoms with E-state index in [2.05, 4.69) is 95.4 Å². The maximum absolute atomic E-state index is 4.33. The molecule has 0 aliphatic heterocycles. The Kier molecular flexibility index (Phi) is 7.70. The van der Waals surface area contributed by atoms with Crippen LogP contribution in [0.25, 0.3) is 0 Å². The highest BCUT2D eigenvalue weighted by Gasteiger charge is 2.01. The van der Waals surface area contributed by atoms with Crippen molar-refractivity contribution in [3.63, 3.8) is 0 Å². The summed E-state index contributed by atoms with van der Waals surface area (Å²) in [7, 11) is 2.15. The SMILES string of the molecule is Cc1cccc(N/N=C/c2ccc(N(C)CCCCNc3ccccc3)cc2)c1. The van der Waals surface area contributed by atoms with E-state index < -0.39 is 0 Å². The minimum Gasteiger partial charge on any atom is -0.385 e. The molecule has 0 spiro atoms. The van der Waals surface area contributed by atoms with Gasteiger partial charge in [0.05, 0.1) is 11.9 Å². The van der Waals surface area contributed by atoms with Gasteiger partial charge in [0.1, 0.15) is 0 Å². The number of para-hydroxylation sites is 1. The molecule has 0 heterocycles. The molecule has 4 heteroatoms. The van der Waals surface area contributed by atoms with Gasteiger partial charge in [-0.05, 0) is 67.3 Å². The van der Waals surface area contributed by atoms with Gasteiger partial charge in [-0.2, -0.15) is 5.10 Å². The molecule has 0 amide bonds. The molecule has 3 aromatic rings. The van der Waals surface area contributed by atoms with Crippen LogP contribution in [0.5, 0.6) is 0 Å². The highest BCUT2D eigenvalue weighted by molar-refractivity contribution is 5.81. The quantitative estimate of drug-likeness (QED) is 0.264. The maximum atomic E-state index is 4.33. The van der Waals surface area contributed by atoms with Crippen LogP contribution in [0.1, 0.15) is 24.0 Å². The van der Waals surface area contributed by atoms with Gasteiger partial charge in [-0.3, -0.25) is 5.43 Å². The monoisotopic (exact) mass is 386 g/mol. The van der Waals surface area contributed by atoms with E-state index in [0.29, 0.717) is 0 Å². The molecule has 3 aromatic carbocycles. The van der Waals surface area contributed by atoms with Crippen molar-refractivity contribution in [2.24, 2.45) is 5.10 Å². The van der Waals surface area contributed by atoms with Gasteiger partial charge in [-0.1, -0.05) is 42.5 Å². The second kappa shape index (κ2) is 10.9. The van der Waals surface area contributed by atoms with Crippen LogP contribution < -0.4 is 15.6 Å². The normalized spacial score (nSPS) is 10.8. The topological polar surface area (TPSA) is 39.7 Å². The van der Waals surface area contributed by atoms with Gasteiger partial charge in [-0.25, -0.2) is 0 Å². The van der Waals surface area contributed by atoms with E-state index in [1.807, 2.05) is 24.4 Å². The average Bonchev–Trinajstić information content (AvgIpc) is 2.75. The van der Waals surface area contributed by atoms with Gasteiger partial charge in [0, 0.05) is 31.5 Å². The van der Waals surface area contributed by atoms with Crippen molar-refractivity contribution in [3.05, 3.63) is 90.0 Å². The summed E-state index contributed by atoms with van der Waals surface area (Å²) < 4.78 is 0. The molecular formula is C25H30N4. The number of hydrogen-bond acceptors (Lipinski definition) is 4. The van der Waals surface area contributed by atoms with Gasteiger partial charge in [0.2, 0.25) is 0 Å². The van der Waals surface area contributed by atoms with E-state index in [9.17, 15) is 0 Å². The van der Waals surface area contributed by atoms with Crippen molar-refractivity contribution < 1.29 is 0 Å². The van der Waals surface area contributed by atoms with Crippen molar-refractivity contribution in [1.82, 2.24) is 0 Å². The Balaban J connectivity index is 1.39. The van der Waals surface area contributed by atoms with Gasteiger partial charge >= 0.3 is 0 Å². The summed E-state index contributed by atoms with van der Waals surface area (Å²) >= 11 is 0. The lowest BCUT2D eigenvalue weighted by Crippen LogP contribution is -2.19. The second-order valence-electron chi connectivity index (χ2n) is 7.25. The molecule has 2 N–H and O–H groups in total. The first-order valence-electron chi connectivity index (χ1n) is 10.2. The van der Waals surface area contributed by atoms with Gasteiger partial charge in [0.25, 0.3) is 0 Å². The lowest BCUT2D eigenvalue weighted by molar-refractivity contribution is 0.743. The summed E-state index contributed by atoms with van der Waals surface area (Å²) in [6, 6.07) is 27.0. The lowest BCUT2D eigenvalue weighted by Gasteiger charge is -2.19. The van der Waals surface area contributed by atoms with Crippen LogP contribution in [0.4, 0.5) is 17.1 Å². The number of aryl methyl sites for hydroxylation is 1. The first-order chi connectivity index (χ1) is 14.2. The van der Waals surface area contributed by atoms with Gasteiger partial charge < -0.3 is 10.2 Å². The number of nitrogens with one attached hydrogen (secondary N) is 2. The molecule has 150 valence electrons. The van der Waals surface area contributed by atoms with Crippen molar-refractivity contribution >= 4 is 23.3 Å². The third-order valence-corrected chi connectivity index (χ3v) is 4.78. The van der Waals surface area contributed by atoms with Gasteiger partial charge in [0.15, 0.2) is 0 Å². The second-order valence-corrected chi connectivity index (χ2v) is 7.25. The number of nitrogens with zero attached hydrogens (tertiary/aromatic N) is 2. The summed E-state index contributed by atoms with van der Waals surface area (Å²) in [6.07, 6.45) is 4.15. The first-order valence-corrected chi connectivity index (χ1v) is 10.2.